The average Bonchev–Trinajstić information content (AvgIpc) is 2.32. The molecule has 2 N–H and O–H groups in total. The minimum Gasteiger partial charge on any atom is -0.324 e. The molecule has 0 aliphatic rings. The lowest BCUT2D eigenvalue weighted by Crippen LogP contribution is -2.15. The minimum atomic E-state index is 0.0170. The van der Waals surface area contributed by atoms with Crippen molar-refractivity contribution in [3.8, 4) is 0 Å². The molecule has 2 heteroatoms. The van der Waals surface area contributed by atoms with Crippen LogP contribution in [0.3, 0.4) is 0 Å². The Balaban J connectivity index is 2.22. The van der Waals surface area contributed by atoms with E-state index in [9.17, 15) is 0 Å². The van der Waals surface area contributed by atoms with Gasteiger partial charge in [-0.2, -0.15) is 0 Å². The van der Waals surface area contributed by atoms with Gasteiger partial charge in [0.25, 0.3) is 0 Å². The van der Waals surface area contributed by atoms with Crippen molar-refractivity contribution in [1.82, 2.24) is 0 Å². The molecule has 0 amide bonds. The topological polar surface area (TPSA) is 26.0 Å². The molecular formula is C16H18ClN. The second kappa shape index (κ2) is 5.55. The van der Waals surface area contributed by atoms with Gasteiger partial charge in [0.2, 0.25) is 0 Å². The zero-order chi connectivity index (χ0) is 13.1. The van der Waals surface area contributed by atoms with Gasteiger partial charge in [-0.05, 0) is 54.7 Å². The normalized spacial score (nSPS) is 12.4. The van der Waals surface area contributed by atoms with Crippen molar-refractivity contribution in [2.24, 2.45) is 5.73 Å². The third kappa shape index (κ3) is 2.92. The zero-order valence-corrected chi connectivity index (χ0v) is 11.5. The van der Waals surface area contributed by atoms with E-state index in [2.05, 4.69) is 38.1 Å². The van der Waals surface area contributed by atoms with E-state index >= 15 is 0 Å². The Labute approximate surface area is 114 Å². The molecule has 2 aromatic rings. The Bertz CT molecular complexity index is 549. The summed E-state index contributed by atoms with van der Waals surface area (Å²) in [4.78, 5) is 0. The quantitative estimate of drug-likeness (QED) is 0.878. The summed E-state index contributed by atoms with van der Waals surface area (Å²) >= 11 is 5.99. The van der Waals surface area contributed by atoms with Crippen molar-refractivity contribution in [1.29, 1.82) is 0 Å². The van der Waals surface area contributed by atoms with Crippen molar-refractivity contribution >= 4 is 11.6 Å². The van der Waals surface area contributed by atoms with Crippen LogP contribution in [0.1, 0.15) is 28.3 Å². The van der Waals surface area contributed by atoms with E-state index in [1.165, 1.54) is 22.3 Å². The van der Waals surface area contributed by atoms with Gasteiger partial charge in [-0.1, -0.05) is 41.9 Å². The lowest BCUT2D eigenvalue weighted by molar-refractivity contribution is 0.715. The van der Waals surface area contributed by atoms with Gasteiger partial charge in [0.15, 0.2) is 0 Å². The summed E-state index contributed by atoms with van der Waals surface area (Å²) < 4.78 is 0. The molecule has 0 aromatic heterocycles. The Morgan fingerprint density at radius 2 is 1.83 bits per heavy atom. The molecule has 0 heterocycles. The summed E-state index contributed by atoms with van der Waals surface area (Å²) in [6.45, 7) is 4.24. The maximum atomic E-state index is 6.30. The SMILES string of the molecule is Cc1cccc(C(N)Cc2cccc(Cl)c2)c1C. The fourth-order valence-corrected chi connectivity index (χ4v) is 2.42. The third-order valence-electron chi connectivity index (χ3n) is 3.39. The van der Waals surface area contributed by atoms with Gasteiger partial charge < -0.3 is 5.73 Å². The maximum Gasteiger partial charge on any atom is 0.0408 e. The van der Waals surface area contributed by atoms with Crippen LogP contribution in [0.5, 0.6) is 0 Å². The van der Waals surface area contributed by atoms with E-state index in [4.69, 9.17) is 17.3 Å². The monoisotopic (exact) mass is 259 g/mol. The fraction of sp³-hybridized carbons (Fsp3) is 0.250. The zero-order valence-electron chi connectivity index (χ0n) is 10.8. The lowest BCUT2D eigenvalue weighted by Gasteiger charge is -2.16. The molecule has 2 aromatic carbocycles. The Kier molecular flexibility index (Phi) is 4.05. The average molecular weight is 260 g/mol. The van der Waals surface area contributed by atoms with E-state index < -0.39 is 0 Å². The number of benzene rings is 2. The number of hydrogen-bond donors (Lipinski definition) is 1. The summed E-state index contributed by atoms with van der Waals surface area (Å²) in [5, 5.41) is 0.765. The first-order valence-electron chi connectivity index (χ1n) is 6.14. The highest BCUT2D eigenvalue weighted by Crippen LogP contribution is 2.23. The summed E-state index contributed by atoms with van der Waals surface area (Å²) in [7, 11) is 0. The van der Waals surface area contributed by atoms with Crippen LogP contribution in [0.15, 0.2) is 42.5 Å². The summed E-state index contributed by atoms with van der Waals surface area (Å²) in [6.07, 6.45) is 0.810. The molecule has 0 aliphatic carbocycles. The first-order chi connectivity index (χ1) is 8.58. The van der Waals surface area contributed by atoms with Crippen molar-refractivity contribution in [2.45, 2.75) is 26.3 Å². The van der Waals surface area contributed by atoms with E-state index in [-0.39, 0.29) is 6.04 Å². The van der Waals surface area contributed by atoms with Gasteiger partial charge in [-0.3, -0.25) is 0 Å². The molecule has 0 saturated heterocycles. The van der Waals surface area contributed by atoms with Crippen molar-refractivity contribution in [3.05, 3.63) is 69.7 Å². The molecule has 0 bridgehead atoms. The lowest BCUT2D eigenvalue weighted by atomic mass is 9.94. The number of halogens is 1. The van der Waals surface area contributed by atoms with Gasteiger partial charge in [0, 0.05) is 11.1 Å². The van der Waals surface area contributed by atoms with Crippen molar-refractivity contribution < 1.29 is 0 Å². The van der Waals surface area contributed by atoms with Crippen LogP contribution < -0.4 is 5.73 Å². The van der Waals surface area contributed by atoms with Crippen LogP contribution in [-0.2, 0) is 6.42 Å². The van der Waals surface area contributed by atoms with E-state index in [1.54, 1.807) is 0 Å². The molecule has 1 unspecified atom stereocenters. The molecular weight excluding hydrogens is 242 g/mol. The summed E-state index contributed by atoms with van der Waals surface area (Å²) in [6, 6.07) is 14.2. The highest BCUT2D eigenvalue weighted by Gasteiger charge is 2.10. The van der Waals surface area contributed by atoms with Gasteiger partial charge in [0.1, 0.15) is 0 Å². The molecule has 18 heavy (non-hydrogen) atoms. The molecule has 1 atom stereocenters. The molecule has 94 valence electrons. The Morgan fingerprint density at radius 1 is 1.11 bits per heavy atom. The highest BCUT2D eigenvalue weighted by molar-refractivity contribution is 6.30. The number of rotatable bonds is 3. The van der Waals surface area contributed by atoms with Crippen LogP contribution in [0, 0.1) is 13.8 Å². The molecule has 0 fully saturated rings. The maximum absolute atomic E-state index is 6.30. The highest BCUT2D eigenvalue weighted by atomic mass is 35.5. The molecule has 0 aliphatic heterocycles. The summed E-state index contributed by atoms with van der Waals surface area (Å²) in [5.41, 5.74) is 11.3. The van der Waals surface area contributed by atoms with Crippen LogP contribution in [0.2, 0.25) is 5.02 Å². The minimum absolute atomic E-state index is 0.0170. The van der Waals surface area contributed by atoms with E-state index in [1.807, 2.05) is 18.2 Å². The first kappa shape index (κ1) is 13.1. The molecule has 0 spiro atoms. The standard InChI is InChI=1S/C16H18ClN/c1-11-5-3-8-15(12(11)2)16(18)10-13-6-4-7-14(17)9-13/h3-9,16H,10,18H2,1-2H3. The first-order valence-corrected chi connectivity index (χ1v) is 6.52. The van der Waals surface area contributed by atoms with Crippen LogP contribution in [0.4, 0.5) is 0 Å². The van der Waals surface area contributed by atoms with Crippen LogP contribution in [-0.4, -0.2) is 0 Å². The van der Waals surface area contributed by atoms with Crippen LogP contribution in [0.25, 0.3) is 0 Å². The smallest absolute Gasteiger partial charge is 0.0408 e. The molecule has 2 rings (SSSR count). The Hall–Kier alpha value is -1.31. The van der Waals surface area contributed by atoms with Crippen molar-refractivity contribution in [2.75, 3.05) is 0 Å². The van der Waals surface area contributed by atoms with Gasteiger partial charge in [-0.25, -0.2) is 0 Å². The van der Waals surface area contributed by atoms with E-state index in [0.29, 0.717) is 0 Å². The fourth-order valence-electron chi connectivity index (χ4n) is 2.20. The van der Waals surface area contributed by atoms with E-state index in [0.717, 1.165) is 11.4 Å². The van der Waals surface area contributed by atoms with Crippen LogP contribution >= 0.6 is 11.6 Å². The van der Waals surface area contributed by atoms with Gasteiger partial charge in [0.05, 0.1) is 0 Å². The molecule has 0 radical (unpaired) electrons. The number of hydrogen-bond acceptors (Lipinski definition) is 1. The second-order valence-electron chi connectivity index (χ2n) is 4.73. The van der Waals surface area contributed by atoms with Gasteiger partial charge >= 0.3 is 0 Å². The predicted octanol–water partition coefficient (Wildman–Crippen LogP) is 4.20. The predicted molar refractivity (Wildman–Crippen MR) is 78.0 cm³/mol. The molecule has 0 saturated carbocycles. The van der Waals surface area contributed by atoms with Gasteiger partial charge in [-0.15, -0.1) is 0 Å². The number of nitrogens with two attached hydrogens (primary N) is 1. The van der Waals surface area contributed by atoms with Crippen molar-refractivity contribution in [3.63, 3.8) is 0 Å². The second-order valence-corrected chi connectivity index (χ2v) is 5.17. The number of aryl methyl sites for hydroxylation is 1. The summed E-state index contributed by atoms with van der Waals surface area (Å²) in [5.74, 6) is 0. The molecule has 1 nitrogen and oxygen atoms in total. The third-order valence-corrected chi connectivity index (χ3v) is 3.63. The Morgan fingerprint density at radius 3 is 2.56 bits per heavy atom. The largest absolute Gasteiger partial charge is 0.324 e.